The van der Waals surface area contributed by atoms with Crippen LogP contribution < -0.4 is 10.1 Å². The van der Waals surface area contributed by atoms with Gasteiger partial charge in [0, 0.05) is 42.5 Å². The molecule has 2 aliphatic rings. The maximum absolute atomic E-state index is 14.1. The minimum absolute atomic E-state index is 0.0929. The third-order valence-corrected chi connectivity index (χ3v) is 7.07. The number of likely N-dealkylation sites (N-methyl/N-ethyl adjacent to an activating group) is 1. The molecule has 1 unspecified atom stereocenters. The highest BCUT2D eigenvalue weighted by Gasteiger charge is 2.58. The van der Waals surface area contributed by atoms with Crippen molar-refractivity contribution >= 4 is 29.1 Å². The lowest BCUT2D eigenvalue weighted by molar-refractivity contribution is -0.141. The Morgan fingerprint density at radius 1 is 1.09 bits per heavy atom. The van der Waals surface area contributed by atoms with Crippen LogP contribution in [-0.4, -0.2) is 49.4 Å². The van der Waals surface area contributed by atoms with E-state index in [-0.39, 0.29) is 11.8 Å². The van der Waals surface area contributed by atoms with Gasteiger partial charge in [-0.1, -0.05) is 54.1 Å². The van der Waals surface area contributed by atoms with E-state index in [1.165, 1.54) is 0 Å². The number of halogens is 1. The van der Waals surface area contributed by atoms with Crippen LogP contribution in [0.2, 0.25) is 5.02 Å². The molecular formula is C27H26ClN3O3. The molecule has 0 bridgehead atoms. The van der Waals surface area contributed by atoms with Gasteiger partial charge in [-0.3, -0.25) is 14.5 Å². The number of carbonyl (C=O) groups is 2. The first kappa shape index (κ1) is 22.4. The molecule has 0 aromatic heterocycles. The Bertz CT molecular complexity index is 1290. The average molecular weight is 476 g/mol. The van der Waals surface area contributed by atoms with Crippen LogP contribution in [0, 0.1) is 0 Å². The lowest BCUT2D eigenvalue weighted by atomic mass is 9.77. The number of ether oxygens (including phenoxy) is 1. The van der Waals surface area contributed by atoms with Gasteiger partial charge in [-0.2, -0.15) is 0 Å². The summed E-state index contributed by atoms with van der Waals surface area (Å²) in [7, 11) is 5.08. The summed E-state index contributed by atoms with van der Waals surface area (Å²) in [4.78, 5) is 31.4. The van der Waals surface area contributed by atoms with E-state index < -0.39 is 11.6 Å². The Balaban J connectivity index is 1.85. The van der Waals surface area contributed by atoms with E-state index in [0.29, 0.717) is 40.6 Å². The number of benzene rings is 3. The predicted molar refractivity (Wildman–Crippen MR) is 132 cm³/mol. The molecule has 2 atom stereocenters. The number of nitrogens with one attached hydrogen (secondary N) is 1. The molecule has 3 aromatic carbocycles. The third-order valence-electron chi connectivity index (χ3n) is 6.83. The number of rotatable bonds is 4. The van der Waals surface area contributed by atoms with Gasteiger partial charge in [-0.25, -0.2) is 0 Å². The van der Waals surface area contributed by atoms with Gasteiger partial charge in [-0.05, 0) is 41.8 Å². The number of anilines is 1. The summed E-state index contributed by atoms with van der Waals surface area (Å²) in [6.45, 7) is 0.499. The van der Waals surface area contributed by atoms with E-state index in [9.17, 15) is 9.59 Å². The molecule has 3 aromatic rings. The fourth-order valence-corrected chi connectivity index (χ4v) is 5.52. The van der Waals surface area contributed by atoms with Crippen molar-refractivity contribution in [1.82, 2.24) is 9.80 Å². The van der Waals surface area contributed by atoms with Crippen LogP contribution in [0.15, 0.2) is 66.7 Å². The Morgan fingerprint density at radius 2 is 1.82 bits per heavy atom. The molecule has 1 N–H and O–H groups in total. The van der Waals surface area contributed by atoms with E-state index in [0.717, 1.165) is 11.1 Å². The molecule has 0 fully saturated rings. The first-order valence-electron chi connectivity index (χ1n) is 11.2. The molecule has 174 valence electrons. The smallest absolute Gasteiger partial charge is 0.254 e. The summed E-state index contributed by atoms with van der Waals surface area (Å²) in [6, 6.07) is 20.2. The van der Waals surface area contributed by atoms with Crippen LogP contribution in [0.5, 0.6) is 5.75 Å². The summed E-state index contributed by atoms with van der Waals surface area (Å²) >= 11 is 6.46. The molecule has 0 spiro atoms. The van der Waals surface area contributed by atoms with Crippen LogP contribution in [0.25, 0.3) is 0 Å². The number of hydrogen-bond acceptors (Lipinski definition) is 4. The van der Waals surface area contributed by atoms with Crippen LogP contribution in [0.4, 0.5) is 5.69 Å². The standard InChI is InChI=1S/C27H26ClN3O3/c1-30(2)25(32)24-19-9-5-4-8-17(19)14-15-31(24)27(20-10-6-7-11-23(20)34-3)21-16-18(28)12-13-22(21)29-26(27)33/h4-13,16,24H,14-15H2,1-3H3,(H,29,33)/t24-,27?/m0/s1. The number of carbonyl (C=O) groups excluding carboxylic acids is 2. The highest BCUT2D eigenvalue weighted by Crippen LogP contribution is 2.52. The van der Waals surface area contributed by atoms with Crippen LogP contribution >= 0.6 is 11.6 Å². The third kappa shape index (κ3) is 3.21. The van der Waals surface area contributed by atoms with E-state index in [1.54, 1.807) is 32.2 Å². The zero-order valence-electron chi connectivity index (χ0n) is 19.3. The first-order valence-corrected chi connectivity index (χ1v) is 11.6. The molecule has 2 amide bonds. The predicted octanol–water partition coefficient (Wildman–Crippen LogP) is 4.23. The molecule has 34 heavy (non-hydrogen) atoms. The second-order valence-electron chi connectivity index (χ2n) is 8.83. The van der Waals surface area contributed by atoms with Crippen molar-refractivity contribution in [2.24, 2.45) is 0 Å². The Morgan fingerprint density at radius 3 is 2.59 bits per heavy atom. The second-order valence-corrected chi connectivity index (χ2v) is 9.27. The van der Waals surface area contributed by atoms with Crippen LogP contribution in [0.1, 0.15) is 28.3 Å². The summed E-state index contributed by atoms with van der Waals surface area (Å²) in [6.07, 6.45) is 0.702. The number of fused-ring (bicyclic) bond motifs is 2. The molecular weight excluding hydrogens is 450 g/mol. The number of nitrogens with zero attached hydrogens (tertiary/aromatic N) is 2. The van der Waals surface area contributed by atoms with Gasteiger partial charge in [-0.15, -0.1) is 0 Å². The molecule has 2 aliphatic heterocycles. The molecule has 5 rings (SSSR count). The lowest BCUT2D eigenvalue weighted by Crippen LogP contribution is -2.58. The van der Waals surface area contributed by atoms with Gasteiger partial charge in [0.1, 0.15) is 11.8 Å². The fourth-order valence-electron chi connectivity index (χ4n) is 5.35. The fraction of sp³-hybridized carbons (Fsp3) is 0.259. The molecule has 0 radical (unpaired) electrons. The highest BCUT2D eigenvalue weighted by atomic mass is 35.5. The summed E-state index contributed by atoms with van der Waals surface area (Å²) in [5.41, 5.74) is 2.77. The topological polar surface area (TPSA) is 61.9 Å². The van der Waals surface area contributed by atoms with Crippen LogP contribution in [0.3, 0.4) is 0 Å². The van der Waals surface area contributed by atoms with Crippen molar-refractivity contribution < 1.29 is 14.3 Å². The maximum Gasteiger partial charge on any atom is 0.254 e. The van der Waals surface area contributed by atoms with Crippen molar-refractivity contribution in [2.75, 3.05) is 33.1 Å². The van der Waals surface area contributed by atoms with Crippen molar-refractivity contribution in [3.05, 3.63) is 94.0 Å². The summed E-state index contributed by atoms with van der Waals surface area (Å²) in [5, 5.41) is 3.57. The highest BCUT2D eigenvalue weighted by molar-refractivity contribution is 6.31. The molecule has 2 heterocycles. The summed E-state index contributed by atoms with van der Waals surface area (Å²) in [5.74, 6) is 0.246. The van der Waals surface area contributed by atoms with Crippen molar-refractivity contribution in [1.29, 1.82) is 0 Å². The van der Waals surface area contributed by atoms with E-state index in [1.807, 2.05) is 59.5 Å². The number of hydrogen-bond donors (Lipinski definition) is 1. The number of para-hydroxylation sites is 1. The zero-order chi connectivity index (χ0) is 24.0. The molecule has 6 nitrogen and oxygen atoms in total. The minimum Gasteiger partial charge on any atom is -0.496 e. The molecule has 0 aliphatic carbocycles. The Labute approximate surface area is 204 Å². The average Bonchev–Trinajstić information content (AvgIpc) is 3.14. The number of methoxy groups -OCH3 is 1. The Hall–Kier alpha value is -3.35. The molecule has 7 heteroatoms. The normalized spacial score (nSPS) is 21.4. The van der Waals surface area contributed by atoms with E-state index >= 15 is 0 Å². The second kappa shape index (κ2) is 8.46. The Kier molecular flexibility index (Phi) is 5.58. The van der Waals surface area contributed by atoms with Gasteiger partial charge in [0.2, 0.25) is 5.91 Å². The van der Waals surface area contributed by atoms with Crippen molar-refractivity contribution in [3.63, 3.8) is 0 Å². The quantitative estimate of drug-likeness (QED) is 0.613. The van der Waals surface area contributed by atoms with Gasteiger partial charge < -0.3 is 15.0 Å². The van der Waals surface area contributed by atoms with Crippen LogP contribution in [-0.2, 0) is 21.5 Å². The SMILES string of the molecule is COc1ccccc1C1(N2CCc3ccccc3[C@H]2C(=O)N(C)C)C(=O)Nc2ccc(Cl)cc21. The zero-order valence-corrected chi connectivity index (χ0v) is 20.1. The number of amides is 2. The molecule has 0 saturated carbocycles. The van der Waals surface area contributed by atoms with E-state index in [2.05, 4.69) is 11.4 Å². The monoisotopic (exact) mass is 475 g/mol. The largest absolute Gasteiger partial charge is 0.496 e. The molecule has 0 saturated heterocycles. The van der Waals surface area contributed by atoms with Crippen molar-refractivity contribution in [3.8, 4) is 5.75 Å². The summed E-state index contributed by atoms with van der Waals surface area (Å²) < 4.78 is 5.74. The maximum atomic E-state index is 14.1. The van der Waals surface area contributed by atoms with Gasteiger partial charge >= 0.3 is 0 Å². The van der Waals surface area contributed by atoms with Gasteiger partial charge in [0.15, 0.2) is 5.54 Å². The lowest BCUT2D eigenvalue weighted by Gasteiger charge is -2.47. The van der Waals surface area contributed by atoms with Crippen molar-refractivity contribution in [2.45, 2.75) is 18.0 Å². The van der Waals surface area contributed by atoms with Gasteiger partial charge in [0.25, 0.3) is 5.91 Å². The minimum atomic E-state index is -1.31. The van der Waals surface area contributed by atoms with Gasteiger partial charge in [0.05, 0.1) is 7.11 Å². The first-order chi connectivity index (χ1) is 16.4. The van der Waals surface area contributed by atoms with E-state index in [4.69, 9.17) is 16.3 Å².